The lowest BCUT2D eigenvalue weighted by Gasteiger charge is -2.41. The second-order valence-electron chi connectivity index (χ2n) is 8.10. The Kier molecular flexibility index (Phi) is 5.58. The number of aliphatic hydroxyl groups is 1. The summed E-state index contributed by atoms with van der Waals surface area (Å²) in [5.41, 5.74) is 3.09. The highest BCUT2D eigenvalue weighted by Crippen LogP contribution is 2.35. The van der Waals surface area contributed by atoms with E-state index in [9.17, 15) is 9.90 Å². The van der Waals surface area contributed by atoms with Gasteiger partial charge in [0.15, 0.2) is 0 Å². The van der Waals surface area contributed by atoms with Crippen molar-refractivity contribution in [2.75, 3.05) is 26.8 Å². The lowest BCUT2D eigenvalue weighted by molar-refractivity contribution is -0.133. The fraction of sp³-hybridized carbons (Fsp3) is 0.375. The van der Waals surface area contributed by atoms with Gasteiger partial charge >= 0.3 is 0 Å². The fourth-order valence-corrected chi connectivity index (χ4v) is 4.39. The molecule has 0 aliphatic carbocycles. The molecule has 29 heavy (non-hydrogen) atoms. The van der Waals surface area contributed by atoms with Crippen molar-refractivity contribution in [2.24, 2.45) is 5.41 Å². The number of nitrogens with zero attached hydrogens (tertiary/aromatic N) is 1. The first kappa shape index (κ1) is 19.5. The standard InChI is InChI=1S/C24H28N2O3/c1-29-20-6-4-5-18(13-20)15-24(17-27)9-11-26(12-10-24)23(28)14-19-16-25-22-8-3-2-7-21(19)22/h2-8,13,16,25,27H,9-12,14-15,17H2,1H3. The van der Waals surface area contributed by atoms with Crippen LogP contribution in [0.4, 0.5) is 0 Å². The Bertz CT molecular complexity index is 986. The first-order valence-electron chi connectivity index (χ1n) is 10.2. The maximum atomic E-state index is 12.9. The third-order valence-corrected chi connectivity index (χ3v) is 6.24. The average Bonchev–Trinajstić information content (AvgIpc) is 3.17. The zero-order valence-electron chi connectivity index (χ0n) is 16.9. The molecule has 2 aromatic carbocycles. The van der Waals surface area contributed by atoms with Gasteiger partial charge in [0.05, 0.1) is 13.5 Å². The molecular formula is C24H28N2O3. The van der Waals surface area contributed by atoms with E-state index in [2.05, 4.69) is 17.1 Å². The summed E-state index contributed by atoms with van der Waals surface area (Å²) in [5.74, 6) is 0.990. The number of hydrogen-bond acceptors (Lipinski definition) is 3. The van der Waals surface area contributed by atoms with Crippen LogP contribution in [0.25, 0.3) is 10.9 Å². The number of hydrogen-bond donors (Lipinski definition) is 2. The summed E-state index contributed by atoms with van der Waals surface area (Å²) >= 11 is 0. The van der Waals surface area contributed by atoms with Crippen LogP contribution in [0, 0.1) is 5.41 Å². The number of para-hydroxylation sites is 1. The Hall–Kier alpha value is -2.79. The van der Waals surface area contributed by atoms with E-state index in [-0.39, 0.29) is 17.9 Å². The van der Waals surface area contributed by atoms with Crippen LogP contribution in [0.3, 0.4) is 0 Å². The van der Waals surface area contributed by atoms with E-state index in [1.165, 1.54) is 0 Å². The number of aromatic amines is 1. The van der Waals surface area contributed by atoms with Gasteiger partial charge in [-0.2, -0.15) is 0 Å². The Balaban J connectivity index is 1.40. The Labute approximate surface area is 171 Å². The van der Waals surface area contributed by atoms with Crippen LogP contribution < -0.4 is 4.74 Å². The molecule has 1 aliphatic heterocycles. The van der Waals surface area contributed by atoms with E-state index in [1.54, 1.807) is 7.11 Å². The molecule has 1 saturated heterocycles. The largest absolute Gasteiger partial charge is 0.497 e. The van der Waals surface area contributed by atoms with E-state index in [0.29, 0.717) is 19.5 Å². The van der Waals surface area contributed by atoms with Gasteiger partial charge in [-0.15, -0.1) is 0 Å². The summed E-state index contributed by atoms with van der Waals surface area (Å²) < 4.78 is 5.32. The third kappa shape index (κ3) is 4.15. The van der Waals surface area contributed by atoms with Gasteiger partial charge < -0.3 is 19.7 Å². The summed E-state index contributed by atoms with van der Waals surface area (Å²) in [6.07, 6.45) is 4.76. The molecule has 5 nitrogen and oxygen atoms in total. The minimum atomic E-state index is -0.177. The molecule has 0 atom stereocenters. The number of aromatic nitrogens is 1. The van der Waals surface area contributed by atoms with E-state index in [1.807, 2.05) is 47.5 Å². The first-order valence-corrected chi connectivity index (χ1v) is 10.2. The highest BCUT2D eigenvalue weighted by molar-refractivity contribution is 5.88. The molecule has 0 bridgehead atoms. The van der Waals surface area contributed by atoms with E-state index >= 15 is 0 Å². The fourth-order valence-electron chi connectivity index (χ4n) is 4.39. The summed E-state index contributed by atoms with van der Waals surface area (Å²) in [6.45, 7) is 1.51. The zero-order valence-corrected chi connectivity index (χ0v) is 16.9. The number of carbonyl (C=O) groups is 1. The number of methoxy groups -OCH3 is 1. The highest BCUT2D eigenvalue weighted by Gasteiger charge is 2.35. The molecule has 0 saturated carbocycles. The molecule has 0 unspecified atom stereocenters. The lowest BCUT2D eigenvalue weighted by Crippen LogP contribution is -2.46. The van der Waals surface area contributed by atoms with Gasteiger partial charge in [0.25, 0.3) is 0 Å². The van der Waals surface area contributed by atoms with Crippen molar-refractivity contribution in [3.8, 4) is 5.75 Å². The molecule has 0 radical (unpaired) electrons. The predicted octanol–water partition coefficient (Wildman–Crippen LogP) is 3.56. The van der Waals surface area contributed by atoms with Gasteiger partial charge in [-0.3, -0.25) is 4.79 Å². The number of carbonyl (C=O) groups excluding carboxylic acids is 1. The Morgan fingerprint density at radius 2 is 1.97 bits per heavy atom. The van der Waals surface area contributed by atoms with Gasteiger partial charge in [-0.05, 0) is 48.6 Å². The monoisotopic (exact) mass is 392 g/mol. The quantitative estimate of drug-likeness (QED) is 0.674. The SMILES string of the molecule is COc1cccc(CC2(CO)CCN(C(=O)Cc3c[nH]c4ccccc34)CC2)c1. The number of aliphatic hydroxyl groups excluding tert-OH is 1. The number of fused-ring (bicyclic) bond motifs is 1. The second kappa shape index (κ2) is 8.29. The van der Waals surface area contributed by atoms with Crippen LogP contribution in [0.15, 0.2) is 54.7 Å². The molecule has 2 N–H and O–H groups in total. The molecule has 1 fully saturated rings. The highest BCUT2D eigenvalue weighted by atomic mass is 16.5. The predicted molar refractivity (Wildman–Crippen MR) is 114 cm³/mol. The lowest BCUT2D eigenvalue weighted by atomic mass is 9.74. The van der Waals surface area contributed by atoms with Crippen LogP contribution in [0.2, 0.25) is 0 Å². The van der Waals surface area contributed by atoms with Crippen molar-refractivity contribution >= 4 is 16.8 Å². The molecular weight excluding hydrogens is 364 g/mol. The maximum Gasteiger partial charge on any atom is 0.227 e. The van der Waals surface area contributed by atoms with Crippen molar-refractivity contribution in [1.82, 2.24) is 9.88 Å². The third-order valence-electron chi connectivity index (χ3n) is 6.24. The molecule has 1 aromatic heterocycles. The summed E-state index contributed by atoms with van der Waals surface area (Å²) in [4.78, 5) is 18.1. The number of amides is 1. The van der Waals surface area contributed by atoms with Crippen LogP contribution in [-0.4, -0.2) is 47.7 Å². The van der Waals surface area contributed by atoms with Gasteiger partial charge in [0.1, 0.15) is 5.75 Å². The summed E-state index contributed by atoms with van der Waals surface area (Å²) in [5, 5.41) is 11.3. The van der Waals surface area contributed by atoms with Crippen molar-refractivity contribution in [2.45, 2.75) is 25.7 Å². The van der Waals surface area contributed by atoms with Crippen LogP contribution in [0.1, 0.15) is 24.0 Å². The Morgan fingerprint density at radius 1 is 1.17 bits per heavy atom. The van der Waals surface area contributed by atoms with Gasteiger partial charge in [0.2, 0.25) is 5.91 Å². The number of benzene rings is 2. The topological polar surface area (TPSA) is 65.6 Å². The van der Waals surface area contributed by atoms with E-state index in [0.717, 1.165) is 47.0 Å². The van der Waals surface area contributed by atoms with Crippen LogP contribution >= 0.6 is 0 Å². The van der Waals surface area contributed by atoms with Crippen molar-refractivity contribution in [3.63, 3.8) is 0 Å². The maximum absolute atomic E-state index is 12.9. The molecule has 2 heterocycles. The zero-order chi connectivity index (χ0) is 20.3. The van der Waals surface area contributed by atoms with E-state index < -0.39 is 0 Å². The average molecular weight is 392 g/mol. The number of piperidine rings is 1. The molecule has 3 aromatic rings. The van der Waals surface area contributed by atoms with E-state index in [4.69, 9.17) is 4.74 Å². The van der Waals surface area contributed by atoms with Gasteiger partial charge in [0, 0.05) is 42.2 Å². The van der Waals surface area contributed by atoms with Crippen molar-refractivity contribution < 1.29 is 14.6 Å². The van der Waals surface area contributed by atoms with Gasteiger partial charge in [-0.25, -0.2) is 0 Å². The number of ether oxygens (including phenoxy) is 1. The molecule has 152 valence electrons. The second-order valence-corrected chi connectivity index (χ2v) is 8.10. The number of H-pyrrole nitrogens is 1. The minimum Gasteiger partial charge on any atom is -0.497 e. The minimum absolute atomic E-state index is 0.134. The Morgan fingerprint density at radius 3 is 2.72 bits per heavy atom. The molecule has 0 spiro atoms. The molecule has 1 amide bonds. The molecule has 5 heteroatoms. The van der Waals surface area contributed by atoms with Crippen molar-refractivity contribution in [3.05, 3.63) is 65.9 Å². The molecule has 1 aliphatic rings. The normalized spacial score (nSPS) is 16.1. The summed E-state index contributed by atoms with van der Waals surface area (Å²) in [6, 6.07) is 16.1. The van der Waals surface area contributed by atoms with Crippen molar-refractivity contribution in [1.29, 1.82) is 0 Å². The summed E-state index contributed by atoms with van der Waals surface area (Å²) in [7, 11) is 1.67. The smallest absolute Gasteiger partial charge is 0.227 e. The number of likely N-dealkylation sites (tertiary alicyclic amines) is 1. The van der Waals surface area contributed by atoms with Gasteiger partial charge in [-0.1, -0.05) is 30.3 Å². The van der Waals surface area contributed by atoms with Crippen LogP contribution in [0.5, 0.6) is 5.75 Å². The molecule has 4 rings (SSSR count). The number of rotatable bonds is 6. The number of nitrogens with one attached hydrogen (secondary N) is 1. The van der Waals surface area contributed by atoms with Crippen LogP contribution in [-0.2, 0) is 17.6 Å². The first-order chi connectivity index (χ1) is 14.1.